The Hall–Kier alpha value is -3.31. The standard InChI is InChI=1S/C26H26ClN3O2/c1-19(31)29-15-17-30(18-16-29)25-22(27)13-8-14-23(25)28-26(32)24(20-9-4-2-5-10-20)21-11-6-3-7-12-21/h2-14,24H,15-18H2,1H3,(H,28,32). The van der Waals surface area contributed by atoms with Crippen molar-refractivity contribution in [2.45, 2.75) is 12.8 Å². The van der Waals surface area contributed by atoms with Crippen LogP contribution in [-0.4, -0.2) is 42.9 Å². The van der Waals surface area contributed by atoms with Gasteiger partial charge < -0.3 is 15.1 Å². The average Bonchev–Trinajstić information content (AvgIpc) is 2.81. The molecule has 3 aromatic rings. The van der Waals surface area contributed by atoms with E-state index in [1.807, 2.05) is 83.8 Å². The van der Waals surface area contributed by atoms with E-state index in [1.165, 1.54) is 0 Å². The van der Waals surface area contributed by atoms with Gasteiger partial charge in [0.05, 0.1) is 22.3 Å². The molecule has 1 aliphatic rings. The molecule has 0 spiro atoms. The van der Waals surface area contributed by atoms with E-state index >= 15 is 0 Å². The van der Waals surface area contributed by atoms with Crippen LogP contribution in [0, 0.1) is 0 Å². The number of carbonyl (C=O) groups is 2. The molecule has 0 aliphatic carbocycles. The minimum absolute atomic E-state index is 0.0749. The van der Waals surface area contributed by atoms with Crippen LogP contribution < -0.4 is 10.2 Å². The van der Waals surface area contributed by atoms with Crippen LogP contribution in [0.15, 0.2) is 78.9 Å². The van der Waals surface area contributed by atoms with Crippen molar-refractivity contribution in [3.8, 4) is 0 Å². The van der Waals surface area contributed by atoms with Crippen LogP contribution >= 0.6 is 11.6 Å². The van der Waals surface area contributed by atoms with Gasteiger partial charge in [-0.15, -0.1) is 0 Å². The van der Waals surface area contributed by atoms with Crippen molar-refractivity contribution in [1.82, 2.24) is 4.90 Å². The highest BCUT2D eigenvalue weighted by Gasteiger charge is 2.26. The second kappa shape index (κ2) is 9.88. The van der Waals surface area contributed by atoms with Crippen LogP contribution in [0.2, 0.25) is 5.02 Å². The molecule has 2 amide bonds. The molecule has 0 radical (unpaired) electrons. The van der Waals surface area contributed by atoms with Crippen LogP contribution in [0.5, 0.6) is 0 Å². The number of anilines is 2. The summed E-state index contributed by atoms with van der Waals surface area (Å²) in [6, 6.07) is 25.1. The topological polar surface area (TPSA) is 52.7 Å². The Morgan fingerprint density at radius 1 is 0.812 bits per heavy atom. The predicted molar refractivity (Wildman–Crippen MR) is 129 cm³/mol. The van der Waals surface area contributed by atoms with Gasteiger partial charge in [0.2, 0.25) is 11.8 Å². The molecule has 1 heterocycles. The van der Waals surface area contributed by atoms with Gasteiger partial charge in [0.1, 0.15) is 0 Å². The Morgan fingerprint density at radius 2 is 1.38 bits per heavy atom. The van der Waals surface area contributed by atoms with E-state index in [2.05, 4.69) is 10.2 Å². The molecular weight excluding hydrogens is 422 g/mol. The van der Waals surface area contributed by atoms with Gasteiger partial charge in [0, 0.05) is 33.1 Å². The molecule has 4 rings (SSSR count). The third kappa shape index (κ3) is 4.78. The zero-order valence-corrected chi connectivity index (χ0v) is 18.8. The molecule has 32 heavy (non-hydrogen) atoms. The van der Waals surface area contributed by atoms with Gasteiger partial charge in [-0.3, -0.25) is 9.59 Å². The molecule has 1 N–H and O–H groups in total. The normalized spacial score (nSPS) is 13.8. The molecule has 1 saturated heterocycles. The number of nitrogens with zero attached hydrogens (tertiary/aromatic N) is 2. The fourth-order valence-corrected chi connectivity index (χ4v) is 4.47. The molecule has 1 fully saturated rings. The van der Waals surface area contributed by atoms with Crippen molar-refractivity contribution >= 4 is 34.8 Å². The van der Waals surface area contributed by atoms with Gasteiger partial charge in [-0.25, -0.2) is 0 Å². The van der Waals surface area contributed by atoms with E-state index in [-0.39, 0.29) is 11.8 Å². The summed E-state index contributed by atoms with van der Waals surface area (Å²) in [5.41, 5.74) is 3.32. The maximum Gasteiger partial charge on any atom is 0.236 e. The molecule has 5 nitrogen and oxygen atoms in total. The van der Waals surface area contributed by atoms with Crippen LogP contribution in [0.4, 0.5) is 11.4 Å². The number of benzene rings is 3. The van der Waals surface area contributed by atoms with Gasteiger partial charge in [0.25, 0.3) is 0 Å². The van der Waals surface area contributed by atoms with E-state index < -0.39 is 5.92 Å². The predicted octanol–water partition coefficient (Wildman–Crippen LogP) is 4.78. The molecule has 0 unspecified atom stereocenters. The van der Waals surface area contributed by atoms with Crippen LogP contribution in [0.3, 0.4) is 0 Å². The number of piperazine rings is 1. The Kier molecular flexibility index (Phi) is 6.76. The lowest BCUT2D eigenvalue weighted by Crippen LogP contribution is -2.48. The fraction of sp³-hybridized carbons (Fsp3) is 0.231. The van der Waals surface area contributed by atoms with Crippen molar-refractivity contribution in [3.63, 3.8) is 0 Å². The Bertz CT molecular complexity index is 1040. The summed E-state index contributed by atoms with van der Waals surface area (Å²) >= 11 is 6.59. The second-order valence-electron chi connectivity index (χ2n) is 7.87. The highest BCUT2D eigenvalue weighted by atomic mass is 35.5. The summed E-state index contributed by atoms with van der Waals surface area (Å²) in [6.45, 7) is 4.17. The summed E-state index contributed by atoms with van der Waals surface area (Å²) < 4.78 is 0. The number of nitrogens with one attached hydrogen (secondary N) is 1. The Labute approximate surface area is 193 Å². The third-order valence-electron chi connectivity index (χ3n) is 5.81. The quantitative estimate of drug-likeness (QED) is 0.612. The van der Waals surface area contributed by atoms with Crippen LogP contribution in [0.1, 0.15) is 24.0 Å². The van der Waals surface area contributed by atoms with Crippen LogP contribution in [-0.2, 0) is 9.59 Å². The summed E-state index contributed by atoms with van der Waals surface area (Å²) in [4.78, 5) is 29.2. The molecule has 0 saturated carbocycles. The Morgan fingerprint density at radius 3 is 1.91 bits per heavy atom. The van der Waals surface area contributed by atoms with Gasteiger partial charge in [-0.2, -0.15) is 0 Å². The average molecular weight is 448 g/mol. The number of hydrogen-bond acceptors (Lipinski definition) is 3. The first-order valence-electron chi connectivity index (χ1n) is 10.7. The molecule has 3 aromatic carbocycles. The number of para-hydroxylation sites is 1. The molecular formula is C26H26ClN3O2. The smallest absolute Gasteiger partial charge is 0.236 e. The number of hydrogen-bond donors (Lipinski definition) is 1. The number of rotatable bonds is 5. The van der Waals surface area contributed by atoms with Crippen molar-refractivity contribution in [2.24, 2.45) is 0 Å². The third-order valence-corrected chi connectivity index (χ3v) is 6.12. The first-order chi connectivity index (χ1) is 15.5. The lowest BCUT2D eigenvalue weighted by atomic mass is 9.90. The highest BCUT2D eigenvalue weighted by Crippen LogP contribution is 2.36. The van der Waals surface area contributed by atoms with Crippen molar-refractivity contribution in [3.05, 3.63) is 95.0 Å². The van der Waals surface area contributed by atoms with E-state index in [0.29, 0.717) is 36.9 Å². The maximum atomic E-state index is 13.6. The minimum atomic E-state index is -0.446. The summed E-state index contributed by atoms with van der Waals surface area (Å²) in [6.07, 6.45) is 0. The summed E-state index contributed by atoms with van der Waals surface area (Å²) in [5.74, 6) is -0.488. The number of amides is 2. The SMILES string of the molecule is CC(=O)N1CCN(c2c(Cl)cccc2NC(=O)C(c2ccccc2)c2ccccc2)CC1. The van der Waals surface area contributed by atoms with Crippen molar-refractivity contribution in [1.29, 1.82) is 0 Å². The largest absolute Gasteiger partial charge is 0.365 e. The summed E-state index contributed by atoms with van der Waals surface area (Å²) in [5, 5.41) is 3.71. The summed E-state index contributed by atoms with van der Waals surface area (Å²) in [7, 11) is 0. The fourth-order valence-electron chi connectivity index (χ4n) is 4.17. The lowest BCUT2D eigenvalue weighted by molar-refractivity contribution is -0.129. The lowest BCUT2D eigenvalue weighted by Gasteiger charge is -2.37. The van der Waals surface area contributed by atoms with Gasteiger partial charge in [0.15, 0.2) is 0 Å². The van der Waals surface area contributed by atoms with E-state index in [1.54, 1.807) is 6.92 Å². The first-order valence-corrected chi connectivity index (χ1v) is 11.1. The zero-order chi connectivity index (χ0) is 22.5. The highest BCUT2D eigenvalue weighted by molar-refractivity contribution is 6.34. The van der Waals surface area contributed by atoms with E-state index in [0.717, 1.165) is 16.8 Å². The maximum absolute atomic E-state index is 13.6. The molecule has 6 heteroatoms. The van der Waals surface area contributed by atoms with E-state index in [4.69, 9.17) is 11.6 Å². The number of halogens is 1. The van der Waals surface area contributed by atoms with Crippen molar-refractivity contribution in [2.75, 3.05) is 36.4 Å². The monoisotopic (exact) mass is 447 g/mol. The molecule has 164 valence electrons. The Balaban J connectivity index is 1.63. The zero-order valence-electron chi connectivity index (χ0n) is 18.0. The molecule has 1 aliphatic heterocycles. The number of carbonyl (C=O) groups excluding carboxylic acids is 2. The molecule has 0 aromatic heterocycles. The van der Waals surface area contributed by atoms with Crippen LogP contribution in [0.25, 0.3) is 0 Å². The van der Waals surface area contributed by atoms with Gasteiger partial charge in [-0.1, -0.05) is 78.3 Å². The second-order valence-corrected chi connectivity index (χ2v) is 8.28. The first kappa shape index (κ1) is 21.9. The molecule has 0 bridgehead atoms. The molecule has 0 atom stereocenters. The minimum Gasteiger partial charge on any atom is -0.365 e. The van der Waals surface area contributed by atoms with Gasteiger partial charge in [-0.05, 0) is 23.3 Å². The van der Waals surface area contributed by atoms with E-state index in [9.17, 15) is 9.59 Å². The van der Waals surface area contributed by atoms with Gasteiger partial charge >= 0.3 is 0 Å². The van der Waals surface area contributed by atoms with Crippen molar-refractivity contribution < 1.29 is 9.59 Å².